The third-order valence-electron chi connectivity index (χ3n) is 5.41. The minimum Gasteiger partial charge on any atom is -0.370 e. The van der Waals surface area contributed by atoms with E-state index in [0.717, 1.165) is 43.0 Å². The smallest absolute Gasteiger partial charge is 0.257 e. The van der Waals surface area contributed by atoms with Gasteiger partial charge >= 0.3 is 0 Å². The van der Waals surface area contributed by atoms with Crippen molar-refractivity contribution >= 4 is 11.6 Å². The number of benzene rings is 2. The number of rotatable bonds is 4. The number of amides is 1. The number of carbonyl (C=O) groups is 1. The third kappa shape index (κ3) is 4.01. The summed E-state index contributed by atoms with van der Waals surface area (Å²) < 4.78 is 15.1. The third-order valence-corrected chi connectivity index (χ3v) is 5.41. The lowest BCUT2D eigenvalue weighted by molar-refractivity contribution is 0.0766. The van der Waals surface area contributed by atoms with Crippen molar-refractivity contribution in [2.24, 2.45) is 0 Å². The Hall–Kier alpha value is -3.15. The highest BCUT2D eigenvalue weighted by molar-refractivity contribution is 5.95. The highest BCUT2D eigenvalue weighted by atomic mass is 19.1. The summed E-state index contributed by atoms with van der Waals surface area (Å²) in [6.45, 7) is 4.96. The van der Waals surface area contributed by atoms with Crippen LogP contribution in [0.15, 0.2) is 60.8 Å². The van der Waals surface area contributed by atoms with Gasteiger partial charge in [0.25, 0.3) is 5.91 Å². The Balaban J connectivity index is 1.51. The van der Waals surface area contributed by atoms with Crippen LogP contribution in [0.1, 0.15) is 29.4 Å². The van der Waals surface area contributed by atoms with Gasteiger partial charge in [0, 0.05) is 31.9 Å². The van der Waals surface area contributed by atoms with E-state index < -0.39 is 0 Å². The van der Waals surface area contributed by atoms with Crippen LogP contribution in [0.5, 0.6) is 0 Å². The molecule has 1 aliphatic heterocycles. The van der Waals surface area contributed by atoms with Gasteiger partial charge in [-0.3, -0.25) is 4.79 Å². The Labute approximate surface area is 170 Å². The van der Waals surface area contributed by atoms with E-state index >= 15 is 0 Å². The molecule has 150 valence electrons. The lowest BCUT2D eigenvalue weighted by Gasteiger charge is -2.23. The van der Waals surface area contributed by atoms with E-state index in [0.29, 0.717) is 18.7 Å². The average molecular weight is 392 g/mol. The highest BCUT2D eigenvalue weighted by Gasteiger charge is 2.24. The molecule has 1 aliphatic rings. The molecule has 4 rings (SSSR count). The first kappa shape index (κ1) is 19.2. The maximum absolute atomic E-state index is 13.3. The van der Waals surface area contributed by atoms with Crippen molar-refractivity contribution in [3.8, 4) is 5.69 Å². The largest absolute Gasteiger partial charge is 0.370 e. The van der Waals surface area contributed by atoms with Crippen LogP contribution in [0.25, 0.3) is 5.69 Å². The van der Waals surface area contributed by atoms with Crippen LogP contribution >= 0.6 is 0 Å². The van der Waals surface area contributed by atoms with Crippen LogP contribution in [0, 0.1) is 5.82 Å². The standard InChI is InChI=1S/C23H25FN4O/c1-2-22-21(17-25-28(22)20-7-4-3-5-8-20)23(29)27-14-6-13-26(15-16-27)19-11-9-18(24)10-12-19/h3-5,7-12,17H,2,6,13-16H2,1H3. The summed E-state index contributed by atoms with van der Waals surface area (Å²) in [5.41, 5.74) is 3.56. The number of carbonyl (C=O) groups excluding carboxylic acids is 1. The molecule has 0 saturated carbocycles. The first-order valence-corrected chi connectivity index (χ1v) is 10.1. The molecule has 29 heavy (non-hydrogen) atoms. The van der Waals surface area contributed by atoms with Gasteiger partial charge in [0.05, 0.1) is 23.1 Å². The molecular formula is C23H25FN4O. The molecule has 1 aromatic heterocycles. The molecule has 1 fully saturated rings. The zero-order valence-corrected chi connectivity index (χ0v) is 16.6. The summed E-state index contributed by atoms with van der Waals surface area (Å²) in [5.74, 6) is -0.201. The zero-order chi connectivity index (χ0) is 20.2. The maximum atomic E-state index is 13.3. The molecule has 0 spiro atoms. The maximum Gasteiger partial charge on any atom is 0.257 e. The first-order chi connectivity index (χ1) is 14.2. The number of para-hydroxylation sites is 1. The lowest BCUT2D eigenvalue weighted by atomic mass is 10.1. The topological polar surface area (TPSA) is 41.4 Å². The van der Waals surface area contributed by atoms with Crippen LogP contribution in [-0.4, -0.2) is 46.8 Å². The molecule has 2 aromatic carbocycles. The number of hydrogen-bond donors (Lipinski definition) is 0. The van der Waals surface area contributed by atoms with Gasteiger partial charge in [-0.15, -0.1) is 0 Å². The normalized spacial score (nSPS) is 14.7. The Morgan fingerprint density at radius 2 is 1.72 bits per heavy atom. The predicted octanol–water partition coefficient (Wildman–Crippen LogP) is 3.93. The van der Waals surface area contributed by atoms with Crippen molar-refractivity contribution in [2.75, 3.05) is 31.1 Å². The van der Waals surface area contributed by atoms with Crippen molar-refractivity contribution in [2.45, 2.75) is 19.8 Å². The van der Waals surface area contributed by atoms with Crippen LogP contribution < -0.4 is 4.90 Å². The fraction of sp³-hybridized carbons (Fsp3) is 0.304. The van der Waals surface area contributed by atoms with E-state index in [1.807, 2.05) is 46.8 Å². The molecule has 1 saturated heterocycles. The molecule has 0 atom stereocenters. The van der Waals surface area contributed by atoms with Gasteiger partial charge in [-0.25, -0.2) is 9.07 Å². The number of nitrogens with zero attached hydrogens (tertiary/aromatic N) is 4. The Kier molecular flexibility index (Phi) is 5.60. The average Bonchev–Trinajstić information content (AvgIpc) is 3.04. The van der Waals surface area contributed by atoms with Crippen molar-refractivity contribution in [1.82, 2.24) is 14.7 Å². The fourth-order valence-electron chi connectivity index (χ4n) is 3.89. The second-order valence-electron chi connectivity index (χ2n) is 7.22. The number of anilines is 1. The Morgan fingerprint density at radius 1 is 0.966 bits per heavy atom. The molecular weight excluding hydrogens is 367 g/mol. The predicted molar refractivity (Wildman–Crippen MR) is 112 cm³/mol. The van der Waals surface area contributed by atoms with Gasteiger partial charge in [0.1, 0.15) is 5.82 Å². The monoisotopic (exact) mass is 392 g/mol. The highest BCUT2D eigenvalue weighted by Crippen LogP contribution is 2.20. The van der Waals surface area contributed by atoms with E-state index in [-0.39, 0.29) is 11.7 Å². The van der Waals surface area contributed by atoms with E-state index in [1.54, 1.807) is 18.3 Å². The van der Waals surface area contributed by atoms with Crippen molar-refractivity contribution < 1.29 is 9.18 Å². The summed E-state index contributed by atoms with van der Waals surface area (Å²) in [6, 6.07) is 16.4. The second-order valence-corrected chi connectivity index (χ2v) is 7.22. The van der Waals surface area contributed by atoms with Gasteiger partial charge < -0.3 is 9.80 Å². The zero-order valence-electron chi connectivity index (χ0n) is 16.6. The first-order valence-electron chi connectivity index (χ1n) is 10.1. The van der Waals surface area contributed by atoms with Gasteiger partial charge in [0.15, 0.2) is 0 Å². The quantitative estimate of drug-likeness (QED) is 0.676. The number of aromatic nitrogens is 2. The molecule has 2 heterocycles. The second kappa shape index (κ2) is 8.47. The Morgan fingerprint density at radius 3 is 2.45 bits per heavy atom. The molecule has 0 aliphatic carbocycles. The minimum absolute atomic E-state index is 0.0324. The van der Waals surface area contributed by atoms with E-state index in [1.165, 1.54) is 12.1 Å². The molecule has 0 unspecified atom stereocenters. The van der Waals surface area contributed by atoms with E-state index in [4.69, 9.17) is 0 Å². The SMILES string of the molecule is CCc1c(C(=O)N2CCCN(c3ccc(F)cc3)CC2)cnn1-c1ccccc1. The van der Waals surface area contributed by atoms with E-state index in [2.05, 4.69) is 10.00 Å². The van der Waals surface area contributed by atoms with Crippen molar-refractivity contribution in [1.29, 1.82) is 0 Å². The van der Waals surface area contributed by atoms with Crippen LogP contribution in [0.2, 0.25) is 0 Å². The summed E-state index contributed by atoms with van der Waals surface area (Å²) >= 11 is 0. The van der Waals surface area contributed by atoms with Crippen LogP contribution in [0.3, 0.4) is 0 Å². The van der Waals surface area contributed by atoms with Crippen molar-refractivity contribution in [3.05, 3.63) is 77.9 Å². The van der Waals surface area contributed by atoms with Gasteiger partial charge in [-0.2, -0.15) is 5.10 Å². The lowest BCUT2D eigenvalue weighted by Crippen LogP contribution is -2.35. The molecule has 0 radical (unpaired) electrons. The molecule has 3 aromatic rings. The molecule has 0 bridgehead atoms. The molecule has 0 N–H and O–H groups in total. The molecule has 1 amide bonds. The summed E-state index contributed by atoms with van der Waals surface area (Å²) in [7, 11) is 0. The fourth-order valence-corrected chi connectivity index (χ4v) is 3.89. The molecule has 6 heteroatoms. The van der Waals surface area contributed by atoms with Crippen LogP contribution in [0.4, 0.5) is 10.1 Å². The van der Waals surface area contributed by atoms with Crippen molar-refractivity contribution in [3.63, 3.8) is 0 Å². The Bertz CT molecular complexity index is 968. The number of halogens is 1. The number of hydrogen-bond acceptors (Lipinski definition) is 3. The summed E-state index contributed by atoms with van der Waals surface area (Å²) in [5, 5.41) is 4.49. The van der Waals surface area contributed by atoms with Gasteiger partial charge in [-0.1, -0.05) is 25.1 Å². The van der Waals surface area contributed by atoms with Gasteiger partial charge in [-0.05, 0) is 49.2 Å². The summed E-state index contributed by atoms with van der Waals surface area (Å²) in [6.07, 6.45) is 3.29. The molecule has 5 nitrogen and oxygen atoms in total. The minimum atomic E-state index is -0.233. The van der Waals surface area contributed by atoms with E-state index in [9.17, 15) is 9.18 Å². The summed E-state index contributed by atoms with van der Waals surface area (Å²) in [4.78, 5) is 17.4. The van der Waals surface area contributed by atoms with Crippen LogP contribution in [-0.2, 0) is 6.42 Å². The van der Waals surface area contributed by atoms with Gasteiger partial charge in [0.2, 0.25) is 0 Å².